The van der Waals surface area contributed by atoms with Crippen LogP contribution in [-0.4, -0.2) is 22.5 Å². The van der Waals surface area contributed by atoms with E-state index in [1.165, 1.54) is 25.0 Å². The van der Waals surface area contributed by atoms with Gasteiger partial charge in [0.2, 0.25) is 0 Å². The number of ether oxygens (including phenoxy) is 1. The maximum absolute atomic E-state index is 12.8. The molecule has 5 nitrogen and oxygen atoms in total. The van der Waals surface area contributed by atoms with Crippen molar-refractivity contribution < 1.29 is 9.53 Å². The number of hydrogen-bond donors (Lipinski definition) is 1. The summed E-state index contributed by atoms with van der Waals surface area (Å²) in [5, 5.41) is 2.94. The first kappa shape index (κ1) is 16.2. The fourth-order valence-corrected chi connectivity index (χ4v) is 4.35. The van der Waals surface area contributed by atoms with Gasteiger partial charge < -0.3 is 10.1 Å². The molecule has 1 aromatic heterocycles. The fraction of sp³-hybridized carbons (Fsp3) is 0.318. The minimum Gasteiger partial charge on any atom is -0.492 e. The lowest BCUT2D eigenvalue weighted by Gasteiger charge is -2.14. The monoisotopic (exact) mass is 359 g/mol. The van der Waals surface area contributed by atoms with Crippen molar-refractivity contribution in [1.29, 1.82) is 0 Å². The minimum atomic E-state index is -0.173. The highest BCUT2D eigenvalue weighted by atomic mass is 16.5. The van der Waals surface area contributed by atoms with Crippen LogP contribution in [0.2, 0.25) is 0 Å². The summed E-state index contributed by atoms with van der Waals surface area (Å²) in [6.07, 6.45) is 3.64. The maximum atomic E-state index is 12.8. The summed E-state index contributed by atoms with van der Waals surface area (Å²) in [6, 6.07) is 13.0. The average molecular weight is 359 g/mol. The molecule has 136 valence electrons. The summed E-state index contributed by atoms with van der Waals surface area (Å²) in [7, 11) is 0. The number of aromatic nitrogens is 2. The molecule has 5 heteroatoms. The van der Waals surface area contributed by atoms with Gasteiger partial charge in [-0.3, -0.25) is 4.79 Å². The number of amides is 1. The molecule has 2 bridgehead atoms. The number of hydrogen-bond acceptors (Lipinski definition) is 4. The standard InChI is InChI=1S/C22H21N3O2/c1-2-27-19-6-4-3-5-17(19)25-22(26)15-9-10-16-18(12-15)24-21-14-8-7-13(11-14)20(21)23-16/h3-6,9-10,12-14H,2,7-8,11H2,1H3,(H,25,26). The van der Waals surface area contributed by atoms with Crippen LogP contribution in [0.3, 0.4) is 0 Å². The highest BCUT2D eigenvalue weighted by Gasteiger charge is 2.39. The van der Waals surface area contributed by atoms with Gasteiger partial charge in [0.05, 0.1) is 34.7 Å². The number of benzene rings is 2. The number of para-hydroxylation sites is 2. The average Bonchev–Trinajstić information content (AvgIpc) is 3.30. The zero-order valence-corrected chi connectivity index (χ0v) is 15.2. The molecule has 5 rings (SSSR count). The van der Waals surface area contributed by atoms with Gasteiger partial charge in [-0.2, -0.15) is 0 Å². The van der Waals surface area contributed by atoms with Gasteiger partial charge in [-0.15, -0.1) is 0 Å². The van der Waals surface area contributed by atoms with Crippen LogP contribution in [0.5, 0.6) is 5.75 Å². The van der Waals surface area contributed by atoms with E-state index in [0.29, 0.717) is 35.4 Å². The van der Waals surface area contributed by atoms with Crippen molar-refractivity contribution in [3.05, 3.63) is 59.4 Å². The molecule has 1 saturated carbocycles. The molecule has 2 aromatic carbocycles. The molecule has 0 saturated heterocycles. The normalized spacial score (nSPS) is 19.9. The van der Waals surface area contributed by atoms with E-state index < -0.39 is 0 Å². The molecule has 1 heterocycles. The Hall–Kier alpha value is -2.95. The predicted octanol–water partition coefficient (Wildman–Crippen LogP) is 4.65. The van der Waals surface area contributed by atoms with E-state index in [4.69, 9.17) is 14.7 Å². The van der Waals surface area contributed by atoms with E-state index in [-0.39, 0.29) is 5.91 Å². The predicted molar refractivity (Wildman–Crippen MR) is 104 cm³/mol. The van der Waals surface area contributed by atoms with Crippen LogP contribution in [0.25, 0.3) is 11.0 Å². The zero-order chi connectivity index (χ0) is 18.4. The van der Waals surface area contributed by atoms with Crippen LogP contribution in [-0.2, 0) is 0 Å². The molecule has 0 spiro atoms. The Balaban J connectivity index is 1.46. The summed E-state index contributed by atoms with van der Waals surface area (Å²) < 4.78 is 5.59. The second-order valence-electron chi connectivity index (χ2n) is 7.29. The fourth-order valence-electron chi connectivity index (χ4n) is 4.35. The molecule has 2 aliphatic rings. The molecule has 1 N–H and O–H groups in total. The van der Waals surface area contributed by atoms with Crippen LogP contribution in [0.15, 0.2) is 42.5 Å². The van der Waals surface area contributed by atoms with Crippen LogP contribution in [0.4, 0.5) is 5.69 Å². The van der Waals surface area contributed by atoms with Crippen LogP contribution >= 0.6 is 0 Å². The zero-order valence-electron chi connectivity index (χ0n) is 15.2. The molecule has 0 aliphatic heterocycles. The van der Waals surface area contributed by atoms with Crippen LogP contribution in [0, 0.1) is 0 Å². The molecule has 0 radical (unpaired) electrons. The van der Waals surface area contributed by atoms with E-state index in [1.54, 1.807) is 0 Å². The first-order valence-corrected chi connectivity index (χ1v) is 9.57. The third-order valence-corrected chi connectivity index (χ3v) is 5.62. The quantitative estimate of drug-likeness (QED) is 0.737. The van der Waals surface area contributed by atoms with Gasteiger partial charge in [-0.1, -0.05) is 12.1 Å². The Labute approximate surface area is 157 Å². The smallest absolute Gasteiger partial charge is 0.255 e. The van der Waals surface area contributed by atoms with Crippen molar-refractivity contribution in [2.45, 2.75) is 38.0 Å². The number of carbonyl (C=O) groups excluding carboxylic acids is 1. The molecule has 3 aromatic rings. The van der Waals surface area contributed by atoms with Gasteiger partial charge in [-0.05, 0) is 56.5 Å². The van der Waals surface area contributed by atoms with Gasteiger partial charge in [-0.25, -0.2) is 9.97 Å². The number of anilines is 1. The molecule has 2 unspecified atom stereocenters. The van der Waals surface area contributed by atoms with Gasteiger partial charge in [0.15, 0.2) is 0 Å². The summed E-state index contributed by atoms with van der Waals surface area (Å²) in [4.78, 5) is 22.5. The summed E-state index contributed by atoms with van der Waals surface area (Å²) in [6.45, 7) is 2.47. The van der Waals surface area contributed by atoms with E-state index >= 15 is 0 Å². The molecule has 1 amide bonds. The number of rotatable bonds is 4. The maximum Gasteiger partial charge on any atom is 0.255 e. The van der Waals surface area contributed by atoms with Crippen molar-refractivity contribution in [1.82, 2.24) is 9.97 Å². The van der Waals surface area contributed by atoms with Crippen LogP contribution in [0.1, 0.15) is 59.8 Å². The second kappa shape index (κ2) is 6.34. The second-order valence-corrected chi connectivity index (χ2v) is 7.29. The first-order valence-electron chi connectivity index (χ1n) is 9.57. The molecule has 1 fully saturated rings. The van der Waals surface area contributed by atoms with Crippen molar-refractivity contribution in [2.75, 3.05) is 11.9 Å². The van der Waals surface area contributed by atoms with E-state index in [9.17, 15) is 4.79 Å². The first-order chi connectivity index (χ1) is 13.2. The van der Waals surface area contributed by atoms with E-state index in [2.05, 4.69) is 5.32 Å². The van der Waals surface area contributed by atoms with Gasteiger partial charge in [0.25, 0.3) is 5.91 Å². The summed E-state index contributed by atoms with van der Waals surface area (Å²) in [5.41, 5.74) is 5.24. The van der Waals surface area contributed by atoms with E-state index in [0.717, 1.165) is 16.7 Å². The van der Waals surface area contributed by atoms with E-state index in [1.807, 2.05) is 49.4 Å². The van der Waals surface area contributed by atoms with Gasteiger partial charge >= 0.3 is 0 Å². The lowest BCUT2D eigenvalue weighted by Crippen LogP contribution is -2.13. The Morgan fingerprint density at radius 1 is 1.07 bits per heavy atom. The Morgan fingerprint density at radius 2 is 1.81 bits per heavy atom. The number of fused-ring (bicyclic) bond motifs is 6. The summed E-state index contributed by atoms with van der Waals surface area (Å²) in [5.74, 6) is 1.63. The number of nitrogens with one attached hydrogen (secondary N) is 1. The highest BCUT2D eigenvalue weighted by molar-refractivity contribution is 6.06. The SMILES string of the molecule is CCOc1ccccc1NC(=O)c1ccc2nc3c(nc2c1)C1CCC3C1. The lowest BCUT2D eigenvalue weighted by atomic mass is 10.00. The summed E-state index contributed by atoms with van der Waals surface area (Å²) >= 11 is 0. The van der Waals surface area contributed by atoms with Crippen LogP contribution < -0.4 is 10.1 Å². The van der Waals surface area contributed by atoms with Gasteiger partial charge in [0.1, 0.15) is 5.75 Å². The molecular formula is C22H21N3O2. The Morgan fingerprint density at radius 3 is 2.59 bits per heavy atom. The molecule has 2 atom stereocenters. The third kappa shape index (κ3) is 2.74. The number of carbonyl (C=O) groups is 1. The number of nitrogens with zero attached hydrogens (tertiary/aromatic N) is 2. The molecule has 27 heavy (non-hydrogen) atoms. The van der Waals surface area contributed by atoms with Crippen molar-refractivity contribution >= 4 is 22.6 Å². The Bertz CT molecular complexity index is 1050. The molecule has 2 aliphatic carbocycles. The minimum absolute atomic E-state index is 0.173. The largest absolute Gasteiger partial charge is 0.492 e. The topological polar surface area (TPSA) is 64.1 Å². The van der Waals surface area contributed by atoms with Crippen molar-refractivity contribution in [3.63, 3.8) is 0 Å². The van der Waals surface area contributed by atoms with Crippen molar-refractivity contribution in [2.24, 2.45) is 0 Å². The highest BCUT2D eigenvalue weighted by Crippen LogP contribution is 2.51. The van der Waals surface area contributed by atoms with Crippen molar-refractivity contribution in [3.8, 4) is 5.75 Å². The van der Waals surface area contributed by atoms with Gasteiger partial charge in [0, 0.05) is 17.4 Å². The molecular weight excluding hydrogens is 338 g/mol. The third-order valence-electron chi connectivity index (χ3n) is 5.62. The lowest BCUT2D eigenvalue weighted by molar-refractivity contribution is 0.102. The Kier molecular flexibility index (Phi) is 3.81.